The van der Waals surface area contributed by atoms with Gasteiger partial charge >= 0.3 is 0 Å². The van der Waals surface area contributed by atoms with Gasteiger partial charge in [-0.25, -0.2) is 17.8 Å². The third kappa shape index (κ3) is 3.55. The highest BCUT2D eigenvalue weighted by atomic mass is 32.2. The molecule has 0 radical (unpaired) electrons. The van der Waals surface area contributed by atoms with Gasteiger partial charge in [-0.05, 0) is 31.5 Å². The summed E-state index contributed by atoms with van der Waals surface area (Å²) >= 11 is 0. The number of nitrogens with one attached hydrogen (secondary N) is 1. The topological polar surface area (TPSA) is 105 Å². The van der Waals surface area contributed by atoms with Crippen molar-refractivity contribution < 1.29 is 17.6 Å². The Morgan fingerprint density at radius 1 is 1.57 bits per heavy atom. The molecule has 116 valence electrons. The molecule has 1 unspecified atom stereocenters. The molecule has 0 bridgehead atoms. The van der Waals surface area contributed by atoms with Crippen molar-refractivity contribution in [2.75, 3.05) is 19.6 Å². The van der Waals surface area contributed by atoms with Gasteiger partial charge in [-0.1, -0.05) is 0 Å². The lowest BCUT2D eigenvalue weighted by molar-refractivity contribution is -0.118. The number of rotatable bonds is 5. The summed E-state index contributed by atoms with van der Waals surface area (Å²) in [6.45, 7) is 0.671. The standard InChI is InChI=1S/C12H17FN4O3S/c13-10-4-2-6-16-12(10)21(19,20)17(8-11(14)18)9-3-1-5-15-7-9/h2,4,6,9,15H,1,3,5,7-8H2,(H2,14,18). The van der Waals surface area contributed by atoms with Crippen molar-refractivity contribution in [2.45, 2.75) is 23.9 Å². The number of halogens is 1. The largest absolute Gasteiger partial charge is 0.369 e. The van der Waals surface area contributed by atoms with E-state index in [-0.39, 0.29) is 0 Å². The number of hydrogen-bond acceptors (Lipinski definition) is 5. The summed E-state index contributed by atoms with van der Waals surface area (Å²) in [4.78, 5) is 14.8. The predicted octanol–water partition coefficient (Wildman–Crippen LogP) is -0.551. The Bertz CT molecular complexity index is 617. The maximum Gasteiger partial charge on any atom is 0.264 e. The first-order valence-corrected chi connectivity index (χ1v) is 7.98. The van der Waals surface area contributed by atoms with E-state index in [4.69, 9.17) is 5.73 Å². The average Bonchev–Trinajstić information content (AvgIpc) is 2.45. The Hall–Kier alpha value is -1.58. The van der Waals surface area contributed by atoms with Crippen molar-refractivity contribution in [3.63, 3.8) is 0 Å². The first-order valence-electron chi connectivity index (χ1n) is 6.54. The SMILES string of the molecule is NC(=O)CN(C1CCCNC1)S(=O)(=O)c1ncccc1F. The minimum atomic E-state index is -4.22. The molecule has 1 atom stereocenters. The van der Waals surface area contributed by atoms with Crippen LogP contribution in [0.1, 0.15) is 12.8 Å². The van der Waals surface area contributed by atoms with E-state index in [0.717, 1.165) is 23.3 Å². The van der Waals surface area contributed by atoms with E-state index in [9.17, 15) is 17.6 Å². The van der Waals surface area contributed by atoms with Gasteiger partial charge in [-0.2, -0.15) is 4.31 Å². The molecule has 0 saturated carbocycles. The average molecular weight is 316 g/mol. The van der Waals surface area contributed by atoms with Gasteiger partial charge in [0.25, 0.3) is 10.0 Å². The lowest BCUT2D eigenvalue weighted by Crippen LogP contribution is -2.51. The van der Waals surface area contributed by atoms with Crippen LogP contribution in [0.3, 0.4) is 0 Å². The smallest absolute Gasteiger partial charge is 0.264 e. The molecule has 1 saturated heterocycles. The fraction of sp³-hybridized carbons (Fsp3) is 0.500. The van der Waals surface area contributed by atoms with E-state index in [1.54, 1.807) is 0 Å². The monoisotopic (exact) mass is 316 g/mol. The van der Waals surface area contributed by atoms with Crippen LogP contribution in [-0.2, 0) is 14.8 Å². The van der Waals surface area contributed by atoms with E-state index in [1.165, 1.54) is 12.3 Å². The maximum absolute atomic E-state index is 13.8. The Labute approximate surface area is 122 Å². The molecule has 1 amide bonds. The Morgan fingerprint density at radius 2 is 2.33 bits per heavy atom. The summed E-state index contributed by atoms with van der Waals surface area (Å²) in [6, 6.07) is 1.87. The molecular formula is C12H17FN4O3S. The number of carbonyl (C=O) groups is 1. The summed E-state index contributed by atoms with van der Waals surface area (Å²) < 4.78 is 39.8. The van der Waals surface area contributed by atoms with Crippen LogP contribution < -0.4 is 11.1 Å². The lowest BCUT2D eigenvalue weighted by Gasteiger charge is -2.32. The van der Waals surface area contributed by atoms with E-state index in [1.807, 2.05) is 0 Å². The highest BCUT2D eigenvalue weighted by Gasteiger charge is 2.35. The van der Waals surface area contributed by atoms with E-state index in [0.29, 0.717) is 13.0 Å². The molecule has 7 nitrogen and oxygen atoms in total. The molecule has 0 aromatic carbocycles. The summed E-state index contributed by atoms with van der Waals surface area (Å²) in [6.07, 6.45) is 2.53. The number of carbonyl (C=O) groups excluding carboxylic acids is 1. The molecule has 2 rings (SSSR count). The first kappa shape index (κ1) is 15.8. The van der Waals surface area contributed by atoms with Gasteiger partial charge < -0.3 is 11.1 Å². The molecule has 1 aliphatic heterocycles. The maximum atomic E-state index is 13.8. The summed E-state index contributed by atoms with van der Waals surface area (Å²) in [7, 11) is -4.22. The van der Waals surface area contributed by atoms with Crippen molar-refractivity contribution >= 4 is 15.9 Å². The number of hydrogen-bond donors (Lipinski definition) is 2. The third-order valence-corrected chi connectivity index (χ3v) is 5.10. The van der Waals surface area contributed by atoms with E-state index >= 15 is 0 Å². The van der Waals surface area contributed by atoms with Gasteiger partial charge in [-0.3, -0.25) is 4.79 Å². The predicted molar refractivity (Wildman–Crippen MR) is 73.2 cm³/mol. The molecule has 1 fully saturated rings. The van der Waals surface area contributed by atoms with Crippen LogP contribution in [0.5, 0.6) is 0 Å². The van der Waals surface area contributed by atoms with Gasteiger partial charge in [0.2, 0.25) is 10.9 Å². The van der Waals surface area contributed by atoms with Crippen LogP contribution in [0.15, 0.2) is 23.4 Å². The highest BCUT2D eigenvalue weighted by Crippen LogP contribution is 2.21. The number of aromatic nitrogens is 1. The van der Waals surface area contributed by atoms with Crippen LogP contribution in [0.2, 0.25) is 0 Å². The first-order chi connectivity index (χ1) is 9.93. The second-order valence-corrected chi connectivity index (χ2v) is 6.61. The van der Waals surface area contributed by atoms with Crippen LogP contribution in [0.4, 0.5) is 4.39 Å². The number of pyridine rings is 1. The molecule has 9 heteroatoms. The van der Waals surface area contributed by atoms with Gasteiger partial charge in [0.05, 0.1) is 6.54 Å². The fourth-order valence-electron chi connectivity index (χ4n) is 2.32. The van der Waals surface area contributed by atoms with Gasteiger partial charge in [0, 0.05) is 18.8 Å². The minimum absolute atomic E-state index is 0.390. The normalized spacial score (nSPS) is 19.6. The Morgan fingerprint density at radius 3 is 2.90 bits per heavy atom. The lowest BCUT2D eigenvalue weighted by atomic mass is 10.1. The van der Waals surface area contributed by atoms with Crippen molar-refractivity contribution in [3.05, 3.63) is 24.1 Å². The minimum Gasteiger partial charge on any atom is -0.369 e. The zero-order valence-electron chi connectivity index (χ0n) is 11.3. The molecule has 0 aliphatic carbocycles. The number of primary amides is 1. The number of nitrogens with two attached hydrogens (primary N) is 1. The summed E-state index contributed by atoms with van der Waals surface area (Å²) in [5.41, 5.74) is 5.13. The fourth-order valence-corrected chi connectivity index (χ4v) is 3.92. The van der Waals surface area contributed by atoms with Crippen LogP contribution >= 0.6 is 0 Å². The van der Waals surface area contributed by atoms with Crippen molar-refractivity contribution in [2.24, 2.45) is 5.73 Å². The number of sulfonamides is 1. The molecule has 1 aromatic rings. The Balaban J connectivity index is 2.39. The van der Waals surface area contributed by atoms with Gasteiger partial charge in [0.1, 0.15) is 0 Å². The van der Waals surface area contributed by atoms with Crippen LogP contribution in [-0.4, -0.2) is 49.3 Å². The zero-order chi connectivity index (χ0) is 15.5. The second kappa shape index (κ2) is 6.46. The number of amides is 1. The number of piperidine rings is 1. The van der Waals surface area contributed by atoms with Gasteiger partial charge in [0.15, 0.2) is 5.82 Å². The molecule has 1 aliphatic rings. The summed E-state index contributed by atoms with van der Waals surface area (Å²) in [5.74, 6) is -1.74. The van der Waals surface area contributed by atoms with Crippen molar-refractivity contribution in [1.82, 2.24) is 14.6 Å². The quantitative estimate of drug-likeness (QED) is 0.758. The third-order valence-electron chi connectivity index (χ3n) is 3.27. The molecule has 2 heterocycles. The van der Waals surface area contributed by atoms with Gasteiger partial charge in [-0.15, -0.1) is 0 Å². The van der Waals surface area contributed by atoms with E-state index in [2.05, 4.69) is 10.3 Å². The van der Waals surface area contributed by atoms with Crippen LogP contribution in [0, 0.1) is 5.82 Å². The molecular weight excluding hydrogens is 299 g/mol. The van der Waals surface area contributed by atoms with Crippen LogP contribution in [0.25, 0.3) is 0 Å². The second-order valence-electron chi connectivity index (χ2n) is 4.81. The Kier molecular flexibility index (Phi) is 4.86. The molecule has 1 aromatic heterocycles. The van der Waals surface area contributed by atoms with Crippen molar-refractivity contribution in [1.29, 1.82) is 0 Å². The molecule has 3 N–H and O–H groups in total. The zero-order valence-corrected chi connectivity index (χ0v) is 12.1. The number of nitrogens with zero attached hydrogens (tertiary/aromatic N) is 2. The molecule has 21 heavy (non-hydrogen) atoms. The molecule has 0 spiro atoms. The summed E-state index contributed by atoms with van der Waals surface area (Å²) in [5, 5.41) is 2.37. The highest BCUT2D eigenvalue weighted by molar-refractivity contribution is 7.89. The van der Waals surface area contributed by atoms with E-state index < -0.39 is 39.4 Å². The van der Waals surface area contributed by atoms with Crippen molar-refractivity contribution in [3.8, 4) is 0 Å².